The van der Waals surface area contributed by atoms with Crippen molar-refractivity contribution in [2.24, 2.45) is 5.73 Å². The highest BCUT2D eigenvalue weighted by Gasteiger charge is 2.28. The molecule has 0 saturated carbocycles. The van der Waals surface area contributed by atoms with Crippen LogP contribution in [0.2, 0.25) is 0 Å². The molecule has 1 rings (SSSR count). The second-order valence-corrected chi connectivity index (χ2v) is 3.88. The van der Waals surface area contributed by atoms with E-state index in [9.17, 15) is 19.7 Å². The van der Waals surface area contributed by atoms with Crippen molar-refractivity contribution >= 4 is 23.3 Å². The molecule has 0 spiro atoms. The lowest BCUT2D eigenvalue weighted by Gasteiger charge is -2.10. The summed E-state index contributed by atoms with van der Waals surface area (Å²) in [6.07, 6.45) is 2.22. The lowest BCUT2D eigenvalue weighted by Crippen LogP contribution is -2.23. The summed E-state index contributed by atoms with van der Waals surface area (Å²) >= 11 is 0. The molecule has 1 heterocycles. The van der Waals surface area contributed by atoms with Crippen LogP contribution in [0.5, 0.6) is 0 Å². The van der Waals surface area contributed by atoms with E-state index in [-0.39, 0.29) is 18.8 Å². The number of pyridine rings is 1. The van der Waals surface area contributed by atoms with Gasteiger partial charge in [-0.3, -0.25) is 15.1 Å². The minimum atomic E-state index is -1.01. The molecular weight excluding hydrogens is 294 g/mol. The zero-order chi connectivity index (χ0) is 16.7. The number of ether oxygens (including phenoxy) is 2. The molecule has 0 fully saturated rings. The van der Waals surface area contributed by atoms with Gasteiger partial charge in [0, 0.05) is 6.20 Å². The van der Waals surface area contributed by atoms with E-state index in [0.717, 1.165) is 6.20 Å². The molecule has 1 aromatic heterocycles. The van der Waals surface area contributed by atoms with Crippen molar-refractivity contribution in [1.29, 1.82) is 0 Å². The van der Waals surface area contributed by atoms with Crippen LogP contribution in [-0.2, 0) is 19.1 Å². The second-order valence-electron chi connectivity index (χ2n) is 3.88. The van der Waals surface area contributed by atoms with Gasteiger partial charge < -0.3 is 15.2 Å². The van der Waals surface area contributed by atoms with E-state index in [0.29, 0.717) is 0 Å². The Morgan fingerprint density at radius 2 is 1.82 bits per heavy atom. The molecule has 22 heavy (non-hydrogen) atoms. The summed E-state index contributed by atoms with van der Waals surface area (Å²) in [6.45, 7) is 3.11. The minimum absolute atomic E-state index is 0.00740. The average molecular weight is 309 g/mol. The summed E-state index contributed by atoms with van der Waals surface area (Å²) in [4.78, 5) is 37.7. The molecule has 0 aliphatic heterocycles. The highest BCUT2D eigenvalue weighted by atomic mass is 16.6. The van der Waals surface area contributed by atoms with Crippen LogP contribution in [0, 0.1) is 10.1 Å². The maximum atomic E-state index is 11.9. The maximum Gasteiger partial charge on any atom is 0.347 e. The Labute approximate surface area is 125 Å². The largest absolute Gasteiger partial charge is 0.462 e. The Morgan fingerprint density at radius 1 is 1.27 bits per heavy atom. The van der Waals surface area contributed by atoms with Crippen molar-refractivity contribution in [3.05, 3.63) is 39.7 Å². The van der Waals surface area contributed by atoms with Crippen LogP contribution in [0.4, 0.5) is 5.69 Å². The van der Waals surface area contributed by atoms with Crippen LogP contribution in [0.15, 0.2) is 24.0 Å². The molecule has 0 saturated heterocycles. The van der Waals surface area contributed by atoms with Crippen LogP contribution < -0.4 is 5.73 Å². The first-order valence-corrected chi connectivity index (χ1v) is 6.36. The molecule has 9 nitrogen and oxygen atoms in total. The third kappa shape index (κ3) is 3.78. The molecular formula is C13H15N3O6. The summed E-state index contributed by atoms with van der Waals surface area (Å²) in [5.41, 5.74) is 4.25. The van der Waals surface area contributed by atoms with Crippen LogP contribution in [-0.4, -0.2) is 35.1 Å². The molecule has 118 valence electrons. The Kier molecular flexibility index (Phi) is 5.99. The van der Waals surface area contributed by atoms with Crippen LogP contribution in [0.1, 0.15) is 19.4 Å². The Balaban J connectivity index is 3.48. The van der Waals surface area contributed by atoms with Crippen molar-refractivity contribution in [2.75, 3.05) is 13.2 Å². The highest BCUT2D eigenvalue weighted by Crippen LogP contribution is 2.24. The van der Waals surface area contributed by atoms with Gasteiger partial charge in [-0.2, -0.15) is 0 Å². The standard InChI is InChI=1S/C13H15N3O6/c1-3-21-12(17)10(13(18)22-4-2)11(14)8-5-6-15-7-9(8)16(19)20/h5-7H,3-4,14H2,1-2H3. The Bertz CT molecular complexity index is 606. The van der Waals surface area contributed by atoms with Crippen LogP contribution in [0.3, 0.4) is 0 Å². The van der Waals surface area contributed by atoms with Gasteiger partial charge in [0.2, 0.25) is 0 Å². The van der Waals surface area contributed by atoms with Gasteiger partial charge in [0.1, 0.15) is 6.20 Å². The van der Waals surface area contributed by atoms with Gasteiger partial charge >= 0.3 is 11.9 Å². The molecule has 2 N–H and O–H groups in total. The number of nitro groups is 1. The quantitative estimate of drug-likeness (QED) is 0.203. The van der Waals surface area contributed by atoms with Gasteiger partial charge in [-0.25, -0.2) is 9.59 Å². The third-order valence-electron chi connectivity index (χ3n) is 2.52. The van der Waals surface area contributed by atoms with Gasteiger partial charge in [0.05, 0.1) is 29.4 Å². The minimum Gasteiger partial charge on any atom is -0.462 e. The van der Waals surface area contributed by atoms with Crippen molar-refractivity contribution in [3.63, 3.8) is 0 Å². The lowest BCUT2D eigenvalue weighted by molar-refractivity contribution is -0.385. The Morgan fingerprint density at radius 3 is 2.27 bits per heavy atom. The molecule has 0 aliphatic rings. The third-order valence-corrected chi connectivity index (χ3v) is 2.52. The van der Waals surface area contributed by atoms with E-state index < -0.39 is 33.8 Å². The molecule has 0 aromatic carbocycles. The molecule has 0 aliphatic carbocycles. The number of esters is 2. The van der Waals surface area contributed by atoms with E-state index in [1.54, 1.807) is 13.8 Å². The lowest BCUT2D eigenvalue weighted by atomic mass is 10.1. The number of nitrogens with zero attached hydrogens (tertiary/aromatic N) is 2. The van der Waals surface area contributed by atoms with Gasteiger partial charge in [-0.1, -0.05) is 0 Å². The zero-order valence-electron chi connectivity index (χ0n) is 12.1. The van der Waals surface area contributed by atoms with Gasteiger partial charge in [-0.05, 0) is 19.9 Å². The predicted octanol–water partition coefficient (Wildman–Crippen LogP) is 0.786. The monoisotopic (exact) mass is 309 g/mol. The van der Waals surface area contributed by atoms with Crippen molar-refractivity contribution in [2.45, 2.75) is 13.8 Å². The summed E-state index contributed by atoms with van der Waals surface area (Å²) < 4.78 is 9.50. The first kappa shape index (κ1) is 17.1. The van der Waals surface area contributed by atoms with Crippen molar-refractivity contribution < 1.29 is 24.0 Å². The fourth-order valence-electron chi connectivity index (χ4n) is 1.60. The van der Waals surface area contributed by atoms with Gasteiger partial charge in [-0.15, -0.1) is 0 Å². The topological polar surface area (TPSA) is 135 Å². The molecule has 1 aromatic rings. The summed E-state index contributed by atoms with van der Waals surface area (Å²) in [5.74, 6) is -2.02. The van der Waals surface area contributed by atoms with Crippen molar-refractivity contribution in [3.8, 4) is 0 Å². The van der Waals surface area contributed by atoms with E-state index in [1.807, 2.05) is 0 Å². The normalized spacial score (nSPS) is 9.73. The van der Waals surface area contributed by atoms with E-state index in [1.165, 1.54) is 12.3 Å². The van der Waals surface area contributed by atoms with E-state index in [4.69, 9.17) is 15.2 Å². The van der Waals surface area contributed by atoms with Crippen LogP contribution in [0.25, 0.3) is 5.70 Å². The molecule has 0 atom stereocenters. The number of hydrogen-bond acceptors (Lipinski definition) is 8. The molecule has 9 heteroatoms. The first-order valence-electron chi connectivity index (χ1n) is 6.36. The van der Waals surface area contributed by atoms with Gasteiger partial charge in [0.25, 0.3) is 5.69 Å². The number of carbonyl (C=O) groups excluding carboxylic acids is 2. The average Bonchev–Trinajstić information content (AvgIpc) is 2.47. The first-order chi connectivity index (χ1) is 10.4. The van der Waals surface area contributed by atoms with Gasteiger partial charge in [0.15, 0.2) is 5.57 Å². The van der Waals surface area contributed by atoms with E-state index in [2.05, 4.69) is 4.98 Å². The zero-order valence-corrected chi connectivity index (χ0v) is 12.1. The van der Waals surface area contributed by atoms with Crippen LogP contribution >= 0.6 is 0 Å². The summed E-state index contributed by atoms with van der Waals surface area (Å²) in [6, 6.07) is 1.23. The number of aromatic nitrogens is 1. The number of hydrogen-bond donors (Lipinski definition) is 1. The molecule has 0 radical (unpaired) electrons. The molecule has 0 amide bonds. The Hall–Kier alpha value is -2.97. The second kappa shape index (κ2) is 7.72. The molecule has 0 bridgehead atoms. The van der Waals surface area contributed by atoms with Crippen molar-refractivity contribution in [1.82, 2.24) is 4.98 Å². The predicted molar refractivity (Wildman–Crippen MR) is 75.3 cm³/mol. The highest BCUT2D eigenvalue weighted by molar-refractivity contribution is 6.20. The number of carbonyl (C=O) groups is 2. The fraction of sp³-hybridized carbons (Fsp3) is 0.308. The number of nitrogens with two attached hydrogens (primary N) is 1. The fourth-order valence-corrected chi connectivity index (χ4v) is 1.60. The smallest absolute Gasteiger partial charge is 0.347 e. The SMILES string of the molecule is CCOC(=O)C(C(=O)OCC)=C(N)c1ccncc1[N+](=O)[O-]. The maximum absolute atomic E-state index is 11.9. The summed E-state index contributed by atoms with van der Waals surface area (Å²) in [5, 5.41) is 11.0. The number of rotatable bonds is 6. The van der Waals surface area contributed by atoms with E-state index >= 15 is 0 Å². The molecule has 0 unspecified atom stereocenters. The summed E-state index contributed by atoms with van der Waals surface area (Å²) in [7, 11) is 0.